The van der Waals surface area contributed by atoms with Crippen LogP contribution in [0.2, 0.25) is 0 Å². The van der Waals surface area contributed by atoms with Gasteiger partial charge in [0.1, 0.15) is 42.6 Å². The lowest BCUT2D eigenvalue weighted by Crippen LogP contribution is -2.33. The van der Waals surface area contributed by atoms with Crippen LogP contribution in [0.3, 0.4) is 0 Å². The van der Waals surface area contributed by atoms with Gasteiger partial charge in [0, 0.05) is 11.6 Å². The maximum atomic E-state index is 13.6. The van der Waals surface area contributed by atoms with Crippen molar-refractivity contribution in [3.63, 3.8) is 0 Å². The number of carbonyl (C=O) groups excluding carboxylic acids is 1. The quantitative estimate of drug-likeness (QED) is 0.255. The summed E-state index contributed by atoms with van der Waals surface area (Å²) in [5.41, 5.74) is 1.24. The van der Waals surface area contributed by atoms with Gasteiger partial charge in [-0.2, -0.15) is 0 Å². The van der Waals surface area contributed by atoms with E-state index in [0.717, 1.165) is 12.8 Å². The average molecular weight is 607 g/mol. The van der Waals surface area contributed by atoms with E-state index in [2.05, 4.69) is 25.6 Å². The highest BCUT2D eigenvalue weighted by molar-refractivity contribution is 5.96. The molecular formula is C29H27FN6O8. The van der Waals surface area contributed by atoms with Crippen molar-refractivity contribution < 1.29 is 42.8 Å². The topological polar surface area (TPSA) is 168 Å². The molecule has 228 valence electrons. The molecule has 2 aromatic heterocycles. The van der Waals surface area contributed by atoms with Crippen molar-refractivity contribution in [3.05, 3.63) is 72.1 Å². The Bertz CT molecular complexity index is 1710. The van der Waals surface area contributed by atoms with Crippen LogP contribution in [-0.4, -0.2) is 74.7 Å². The van der Waals surface area contributed by atoms with E-state index < -0.39 is 42.6 Å². The predicted octanol–water partition coefficient (Wildman–Crippen LogP) is 3.42. The van der Waals surface area contributed by atoms with Gasteiger partial charge in [-0.05, 0) is 37.1 Å². The van der Waals surface area contributed by atoms with E-state index in [4.69, 9.17) is 23.7 Å². The summed E-state index contributed by atoms with van der Waals surface area (Å²) in [4.78, 5) is 37.3. The maximum absolute atomic E-state index is 13.6. The highest BCUT2D eigenvalue weighted by Crippen LogP contribution is 2.45. The zero-order valence-electron chi connectivity index (χ0n) is 23.3. The van der Waals surface area contributed by atoms with E-state index >= 15 is 0 Å². The smallest absolute Gasteiger partial charge is 0.339 e. The summed E-state index contributed by atoms with van der Waals surface area (Å²) in [5, 5.41) is 15.3. The minimum absolute atomic E-state index is 0.0427. The van der Waals surface area contributed by atoms with Crippen molar-refractivity contribution in [1.29, 1.82) is 0 Å². The molecule has 2 saturated heterocycles. The van der Waals surface area contributed by atoms with E-state index in [0.29, 0.717) is 16.7 Å². The molecule has 0 bridgehead atoms. The summed E-state index contributed by atoms with van der Waals surface area (Å²) in [6.07, 6.45) is 0.901. The van der Waals surface area contributed by atoms with Crippen LogP contribution < -0.4 is 20.1 Å². The number of imidazole rings is 1. The van der Waals surface area contributed by atoms with Crippen LogP contribution in [0.15, 0.2) is 55.1 Å². The molecule has 3 fully saturated rings. The van der Waals surface area contributed by atoms with Crippen molar-refractivity contribution in [2.45, 2.75) is 49.7 Å². The number of hydrogen-bond acceptors (Lipinski definition) is 10. The number of benzene rings is 2. The Labute approximate surface area is 249 Å². The third kappa shape index (κ3) is 5.25. The van der Waals surface area contributed by atoms with Crippen LogP contribution in [0.1, 0.15) is 41.3 Å². The van der Waals surface area contributed by atoms with E-state index in [1.165, 1.54) is 38.0 Å². The molecule has 44 heavy (non-hydrogen) atoms. The van der Waals surface area contributed by atoms with Crippen LogP contribution >= 0.6 is 0 Å². The zero-order chi connectivity index (χ0) is 30.4. The molecule has 4 unspecified atom stereocenters. The van der Waals surface area contributed by atoms with E-state index in [-0.39, 0.29) is 41.6 Å². The molecule has 4 heterocycles. The molecule has 1 saturated carbocycles. The first-order valence-corrected chi connectivity index (χ1v) is 13.9. The summed E-state index contributed by atoms with van der Waals surface area (Å²) in [6.45, 7) is -0.117. The summed E-state index contributed by atoms with van der Waals surface area (Å²) >= 11 is 0. The summed E-state index contributed by atoms with van der Waals surface area (Å²) in [5.74, 6) is -1.07. The number of amides is 2. The first kappa shape index (κ1) is 27.9. The average Bonchev–Trinajstić information content (AvgIpc) is 3.41. The lowest BCUT2D eigenvalue weighted by Gasteiger charge is -2.22. The van der Waals surface area contributed by atoms with Crippen LogP contribution in [0, 0.1) is 5.82 Å². The molecule has 4 aromatic rings. The molecule has 0 spiro atoms. The largest absolute Gasteiger partial charge is 0.493 e. The third-order valence-corrected chi connectivity index (χ3v) is 7.59. The number of urea groups is 1. The Balaban J connectivity index is 1.19. The van der Waals surface area contributed by atoms with Crippen LogP contribution in [-0.2, 0) is 14.2 Å². The fraction of sp³-hybridized carbons (Fsp3) is 0.345. The number of hydrogen-bond donors (Lipinski definition) is 3. The highest BCUT2D eigenvalue weighted by Gasteiger charge is 2.54. The normalized spacial score (nSPS) is 24.2. The van der Waals surface area contributed by atoms with Gasteiger partial charge in [0.15, 0.2) is 41.0 Å². The number of anilines is 1. The fourth-order valence-electron chi connectivity index (χ4n) is 5.32. The minimum Gasteiger partial charge on any atom is -0.493 e. The van der Waals surface area contributed by atoms with Gasteiger partial charge in [-0.3, -0.25) is 9.88 Å². The molecule has 15 heteroatoms. The Hall–Kier alpha value is -4.86. The van der Waals surface area contributed by atoms with E-state index in [1.807, 2.05) is 0 Å². The second-order valence-corrected chi connectivity index (χ2v) is 10.5. The van der Waals surface area contributed by atoms with Crippen molar-refractivity contribution >= 4 is 29.0 Å². The van der Waals surface area contributed by atoms with Crippen LogP contribution in [0.5, 0.6) is 11.5 Å². The molecular weight excluding hydrogens is 579 g/mol. The number of aromatic nitrogens is 4. The third-order valence-electron chi connectivity index (χ3n) is 7.59. The summed E-state index contributed by atoms with van der Waals surface area (Å²) < 4.78 is 45.6. The van der Waals surface area contributed by atoms with Crippen molar-refractivity contribution in [2.24, 2.45) is 0 Å². The second kappa shape index (κ2) is 11.3. The number of carbonyl (C=O) groups is 2. The fourth-order valence-corrected chi connectivity index (χ4v) is 5.32. The van der Waals surface area contributed by atoms with Gasteiger partial charge >= 0.3 is 12.0 Å². The Kier molecular flexibility index (Phi) is 7.20. The Morgan fingerprint density at radius 3 is 2.61 bits per heavy atom. The predicted molar refractivity (Wildman–Crippen MR) is 149 cm³/mol. The van der Waals surface area contributed by atoms with Crippen molar-refractivity contribution in [3.8, 4) is 11.5 Å². The minimum atomic E-state index is -1.18. The van der Waals surface area contributed by atoms with Gasteiger partial charge in [0.25, 0.3) is 0 Å². The lowest BCUT2D eigenvalue weighted by molar-refractivity contribution is -0.152. The van der Waals surface area contributed by atoms with Crippen LogP contribution in [0.4, 0.5) is 15.0 Å². The monoisotopic (exact) mass is 606 g/mol. The molecule has 5 atom stereocenters. The summed E-state index contributed by atoms with van der Waals surface area (Å²) in [6, 6.07) is 10.1. The van der Waals surface area contributed by atoms with Gasteiger partial charge in [-0.15, -0.1) is 0 Å². The summed E-state index contributed by atoms with van der Waals surface area (Å²) in [7, 11) is 1.41. The van der Waals surface area contributed by atoms with Gasteiger partial charge < -0.3 is 34.1 Å². The number of methoxy groups -OCH3 is 1. The number of fused-ring (bicyclic) bond motifs is 2. The number of rotatable bonds is 9. The molecule has 3 N–H and O–H groups in total. The molecule has 0 radical (unpaired) electrons. The molecule has 2 aromatic carbocycles. The number of carboxylic acids is 1. The standard InChI is InChI=1S/C29H27FN6O8/c1-40-18-4-2-3-17(27(37)38)21(18)41-11-19-22-23(44-28(43-22)14-5-7-15(30)8-6-14)26(42-19)36-13-33-20-24(31-12-32-25(20)36)35-29(39)34-16-9-10-16/h2-8,12-13,16,19,22-23,26,28H,9-11H2,1H3,(H,37,38)(H2,31,32,34,35,39)/t19?,22?,23?,26?,28-/m0/s1. The molecule has 7 rings (SSSR count). The lowest BCUT2D eigenvalue weighted by atomic mass is 10.1. The highest BCUT2D eigenvalue weighted by atomic mass is 19.1. The van der Waals surface area contributed by atoms with Gasteiger partial charge in [-0.25, -0.2) is 28.9 Å². The first-order valence-electron chi connectivity index (χ1n) is 13.9. The van der Waals surface area contributed by atoms with Gasteiger partial charge in [0.2, 0.25) is 0 Å². The zero-order valence-corrected chi connectivity index (χ0v) is 23.3. The Morgan fingerprint density at radius 2 is 1.86 bits per heavy atom. The number of halogens is 1. The Morgan fingerprint density at radius 1 is 1.07 bits per heavy atom. The van der Waals surface area contributed by atoms with Crippen molar-refractivity contribution in [2.75, 3.05) is 19.0 Å². The number of para-hydroxylation sites is 1. The molecule has 2 amide bonds. The maximum Gasteiger partial charge on any atom is 0.339 e. The molecule has 14 nitrogen and oxygen atoms in total. The molecule has 2 aliphatic heterocycles. The first-order chi connectivity index (χ1) is 21.4. The van der Waals surface area contributed by atoms with E-state index in [1.54, 1.807) is 28.8 Å². The molecule has 1 aliphatic carbocycles. The number of ether oxygens (including phenoxy) is 5. The number of aromatic carboxylic acids is 1. The second-order valence-electron chi connectivity index (χ2n) is 10.5. The number of carboxylic acid groups (broad SMARTS) is 1. The number of nitrogens with one attached hydrogen (secondary N) is 2. The molecule has 3 aliphatic rings. The van der Waals surface area contributed by atoms with Gasteiger partial charge in [0.05, 0.1) is 13.4 Å². The van der Waals surface area contributed by atoms with E-state index in [9.17, 15) is 19.1 Å². The van der Waals surface area contributed by atoms with Crippen molar-refractivity contribution in [1.82, 2.24) is 24.8 Å². The SMILES string of the molecule is COc1cccc(C(=O)O)c1OCC1OC(n2cnc3c(NC(=O)NC4CC4)ncnc32)C2O[C@@H](c3ccc(F)cc3)OC12. The van der Waals surface area contributed by atoms with Crippen LogP contribution in [0.25, 0.3) is 11.2 Å². The van der Waals surface area contributed by atoms with Gasteiger partial charge in [-0.1, -0.05) is 18.2 Å². The number of nitrogens with zero attached hydrogens (tertiary/aromatic N) is 4.